The molecule has 3 aliphatic heterocycles. The molecule has 40 nitrogen and oxygen atoms in total. The lowest BCUT2D eigenvalue weighted by molar-refractivity contribution is -0.229. The number of amides is 12. The maximum absolute atomic E-state index is 14.1. The number of likely N-dealkylation sites (N-methyl/N-ethyl adjacent to an activating group) is 4. The number of furan rings is 2. The van der Waals surface area contributed by atoms with Crippen LogP contribution in [0.4, 0.5) is 9.59 Å². The second-order valence-corrected chi connectivity index (χ2v) is 30.9. The number of nitrogens with zero attached hydrogens (tertiary/aromatic N) is 5. The van der Waals surface area contributed by atoms with Crippen LogP contribution in [-0.4, -0.2) is 307 Å². The number of fused-ring (bicyclic) bond motifs is 2. The Labute approximate surface area is 700 Å². The average Bonchev–Trinajstić information content (AvgIpc) is 1.65. The molecule has 2 aromatic carbocycles. The van der Waals surface area contributed by atoms with Gasteiger partial charge >= 0.3 is 12.2 Å². The standard InChI is InChI=1S/C81H119N11O29/c1-14-46(8)72(57(111-13)35-60(82)97)88(10)66(103)38-86-78(107)70(44(4)5)89(11)80(109)114-41-47-15-17-55(118-67-33-53(95)73(104)58(39-93)120-67)51-31-49(116-75(47)51)36-84-61(98)21-24-91(63(100)23-27-112-29-30-113-28-26-92-64(101)19-20-65(92)102)25-22-62(99)85-37-50-32-52-56(119-68-34-54(96)74(105)59(40-94)121-68)18-16-48(76(52)117-50)42-115-81(110)90(12)71(45(6)7)79(108)87-69(43(2)3)77(106)83-9/h15-20,31-32,43-46,53-54,57-59,67-74,93-96,104-105H,14,21-30,33-42H2,1-13H3,(H2,82,97)(H,83,106)(H,84,98)(H,85,99)(H,86,107)(H,87,108)/t46?,53-,54-,57-,58-,59-,67-,68-,69+,70+,71+,72+,73-,74-/m1/s1. The van der Waals surface area contributed by atoms with Gasteiger partial charge in [-0.05, 0) is 60.1 Å². The SMILES string of the molecule is CCC(C)[C@@H]([C@@H](CC(N)=O)OC)N(C)C(=O)CNC(=O)[C@H](C(C)C)N(C)C(=O)OCc1ccc(O[C@H]2C[C@@H](O)[C@@H](O)[C@@H](CO)O2)c2cc(CNC(=O)CCN(CCC(=O)NCc3cc4c(O[C@H]5C[C@@H](O)[C@@H](O)[C@@H](CO)O5)ccc(COC(=O)N(C)[C@H](C(=O)N[C@H](C(=O)NC)C(C)C)C(C)C)c4o3)C(=O)CCOCCOCCN3C(=O)C=CC3=O)oc12. The van der Waals surface area contributed by atoms with Gasteiger partial charge in [-0.1, -0.05) is 61.8 Å². The van der Waals surface area contributed by atoms with Gasteiger partial charge in [0.05, 0.1) is 114 Å². The molecule has 0 spiro atoms. The lowest BCUT2D eigenvalue weighted by Gasteiger charge is -2.37. The summed E-state index contributed by atoms with van der Waals surface area (Å²) in [6.45, 7) is 10.4. The number of aliphatic hydroxyl groups excluding tert-OH is 6. The summed E-state index contributed by atoms with van der Waals surface area (Å²) in [7, 11) is 7.12. The summed E-state index contributed by atoms with van der Waals surface area (Å²) < 4.78 is 64.9. The van der Waals surface area contributed by atoms with Crippen LogP contribution in [0.15, 0.2) is 57.4 Å². The molecule has 0 radical (unpaired) electrons. The van der Waals surface area contributed by atoms with Gasteiger partial charge in [0.2, 0.25) is 59.8 Å². The third kappa shape index (κ3) is 27.2. The molecule has 672 valence electrons. The number of nitrogens with one attached hydrogen (secondary N) is 5. The number of hydrogen-bond donors (Lipinski definition) is 12. The third-order valence-corrected chi connectivity index (χ3v) is 21.2. The van der Waals surface area contributed by atoms with Crippen molar-refractivity contribution in [1.29, 1.82) is 0 Å². The number of hydrogen-bond acceptors (Lipinski definition) is 29. The predicted octanol–water partition coefficient (Wildman–Crippen LogP) is 0.437. The molecule has 3 aliphatic rings. The molecule has 2 fully saturated rings. The van der Waals surface area contributed by atoms with Crippen LogP contribution in [0, 0.1) is 23.7 Å². The molecule has 0 aliphatic carbocycles. The summed E-state index contributed by atoms with van der Waals surface area (Å²) in [4.78, 5) is 166. The molecular formula is C81H119N11O29. The molecule has 5 heterocycles. The molecular weight excluding hydrogens is 1590 g/mol. The maximum atomic E-state index is 14.1. The number of ether oxygens (including phenoxy) is 9. The molecule has 4 aromatic rings. The van der Waals surface area contributed by atoms with Crippen molar-refractivity contribution in [3.8, 4) is 11.5 Å². The lowest BCUT2D eigenvalue weighted by atomic mass is 9.91. The fraction of sp³-hybridized carbons (Fsp3) is 0.630. The normalized spacial score (nSPS) is 20.0. The zero-order chi connectivity index (χ0) is 89.2. The third-order valence-electron chi connectivity index (χ3n) is 21.2. The Kier molecular flexibility index (Phi) is 37.9. The minimum atomic E-state index is -1.43. The van der Waals surface area contributed by atoms with E-state index in [1.165, 1.54) is 81.5 Å². The molecule has 2 saturated heterocycles. The fourth-order valence-electron chi connectivity index (χ4n) is 14.2. The number of primary amides is 1. The number of carbonyl (C=O) groups is 12. The first kappa shape index (κ1) is 98.0. The van der Waals surface area contributed by atoms with E-state index in [1.54, 1.807) is 41.5 Å². The lowest BCUT2D eigenvalue weighted by Crippen LogP contribution is -2.56. The molecule has 7 rings (SSSR count). The highest BCUT2D eigenvalue weighted by Gasteiger charge is 2.42. The Hall–Kier alpha value is -10.1. The number of aliphatic hydroxyl groups is 6. The number of rotatable bonds is 47. The molecule has 12 amide bonds. The largest absolute Gasteiger partial charge is 0.464 e. The number of methoxy groups -OCH3 is 1. The van der Waals surface area contributed by atoms with Crippen molar-refractivity contribution in [2.24, 2.45) is 29.4 Å². The fourth-order valence-corrected chi connectivity index (χ4v) is 14.2. The number of benzene rings is 2. The van der Waals surface area contributed by atoms with E-state index in [2.05, 4.69) is 26.6 Å². The van der Waals surface area contributed by atoms with E-state index in [0.717, 1.165) is 26.9 Å². The van der Waals surface area contributed by atoms with Crippen molar-refractivity contribution in [1.82, 2.24) is 51.1 Å². The maximum Gasteiger partial charge on any atom is 0.410 e. The van der Waals surface area contributed by atoms with E-state index in [4.69, 9.17) is 57.2 Å². The van der Waals surface area contributed by atoms with Gasteiger partial charge in [-0.25, -0.2) is 9.59 Å². The second-order valence-electron chi connectivity index (χ2n) is 30.9. The average molecular weight is 1710 g/mol. The van der Waals surface area contributed by atoms with Crippen LogP contribution in [0.3, 0.4) is 0 Å². The van der Waals surface area contributed by atoms with E-state index in [0.29, 0.717) is 6.42 Å². The van der Waals surface area contributed by atoms with E-state index in [-0.39, 0.29) is 166 Å². The van der Waals surface area contributed by atoms with E-state index in [9.17, 15) is 88.2 Å². The molecule has 1 unspecified atom stereocenters. The van der Waals surface area contributed by atoms with Gasteiger partial charge in [0, 0.05) is 97.4 Å². The second kappa shape index (κ2) is 46.8. The minimum Gasteiger partial charge on any atom is -0.464 e. The van der Waals surface area contributed by atoms with Gasteiger partial charge in [0.25, 0.3) is 11.8 Å². The van der Waals surface area contributed by atoms with Crippen LogP contribution in [0.2, 0.25) is 0 Å². The molecule has 40 heteroatoms. The number of nitrogens with two attached hydrogens (primary N) is 1. The van der Waals surface area contributed by atoms with Gasteiger partial charge in [0.15, 0.2) is 0 Å². The Balaban J connectivity index is 1.06. The van der Waals surface area contributed by atoms with E-state index >= 15 is 0 Å². The van der Waals surface area contributed by atoms with Gasteiger partial charge in [0.1, 0.15) is 89.9 Å². The Morgan fingerprint density at radius 3 is 1.50 bits per heavy atom. The Morgan fingerprint density at radius 1 is 0.603 bits per heavy atom. The molecule has 0 saturated carbocycles. The number of imide groups is 1. The highest BCUT2D eigenvalue weighted by Crippen LogP contribution is 2.37. The molecule has 121 heavy (non-hydrogen) atoms. The number of carbonyl (C=O) groups excluding carboxylic acids is 12. The smallest absolute Gasteiger partial charge is 0.410 e. The first-order valence-electron chi connectivity index (χ1n) is 40.3. The van der Waals surface area contributed by atoms with Crippen LogP contribution >= 0.6 is 0 Å². The van der Waals surface area contributed by atoms with Crippen molar-refractivity contribution in [3.05, 3.63) is 71.2 Å². The topological polar surface area (TPSA) is 538 Å². The van der Waals surface area contributed by atoms with Gasteiger partial charge < -0.3 is 124 Å². The van der Waals surface area contributed by atoms with Crippen LogP contribution in [0.25, 0.3) is 21.9 Å². The van der Waals surface area contributed by atoms with E-state index < -0.39 is 196 Å². The zero-order valence-electron chi connectivity index (χ0n) is 70.7. The Morgan fingerprint density at radius 2 is 1.07 bits per heavy atom. The van der Waals surface area contributed by atoms with Crippen molar-refractivity contribution in [2.75, 3.05) is 101 Å². The highest BCUT2D eigenvalue weighted by atomic mass is 16.7. The molecule has 14 atom stereocenters. The molecule has 0 bridgehead atoms. The van der Waals surface area contributed by atoms with Crippen LogP contribution in [0.1, 0.15) is 123 Å². The van der Waals surface area contributed by atoms with Gasteiger partial charge in [-0.3, -0.25) is 62.6 Å². The zero-order valence-corrected chi connectivity index (χ0v) is 70.7. The predicted molar refractivity (Wildman–Crippen MR) is 428 cm³/mol. The first-order valence-corrected chi connectivity index (χ1v) is 40.3. The first-order chi connectivity index (χ1) is 57.4. The summed E-state index contributed by atoms with van der Waals surface area (Å²) in [6, 6.07) is 5.35. The molecule has 2 aromatic heterocycles. The highest BCUT2D eigenvalue weighted by molar-refractivity contribution is 6.13. The van der Waals surface area contributed by atoms with Crippen molar-refractivity contribution in [2.45, 2.75) is 206 Å². The van der Waals surface area contributed by atoms with Crippen molar-refractivity contribution >= 4 is 93.2 Å². The summed E-state index contributed by atoms with van der Waals surface area (Å²) >= 11 is 0. The van der Waals surface area contributed by atoms with Gasteiger partial charge in [-0.15, -0.1) is 0 Å². The van der Waals surface area contributed by atoms with Crippen LogP contribution < -0.4 is 41.8 Å². The van der Waals surface area contributed by atoms with Crippen molar-refractivity contribution < 1.29 is 140 Å². The summed E-state index contributed by atoms with van der Waals surface area (Å²) in [5.41, 5.74) is 6.25. The molecule has 13 N–H and O–H groups in total. The monoisotopic (exact) mass is 1710 g/mol. The van der Waals surface area contributed by atoms with Gasteiger partial charge in [-0.2, -0.15) is 0 Å². The van der Waals surface area contributed by atoms with E-state index in [1.807, 2.05) is 13.8 Å². The summed E-state index contributed by atoms with van der Waals surface area (Å²) in [5, 5.41) is 76.1. The van der Waals surface area contributed by atoms with Crippen molar-refractivity contribution in [3.63, 3.8) is 0 Å². The summed E-state index contributed by atoms with van der Waals surface area (Å²) in [5.74, 6) is -6.37. The van der Waals surface area contributed by atoms with Crippen LogP contribution in [-0.2, 0) is 107 Å². The Bertz CT molecular complexity index is 4210. The summed E-state index contributed by atoms with van der Waals surface area (Å²) in [6.07, 6.45) is -11.5. The van der Waals surface area contributed by atoms with Crippen LogP contribution in [0.5, 0.6) is 11.5 Å². The minimum absolute atomic E-state index is 0.00939. The quantitative estimate of drug-likeness (QED) is 0.0211.